The van der Waals surface area contributed by atoms with Crippen LogP contribution < -0.4 is 0 Å². The Morgan fingerprint density at radius 1 is 1.09 bits per heavy atom. The predicted octanol–water partition coefficient (Wildman–Crippen LogP) is 3.79. The molecule has 3 rings (SSSR count). The molecule has 0 amide bonds. The van der Waals surface area contributed by atoms with Gasteiger partial charge < -0.3 is 4.52 Å². The third-order valence-electron chi connectivity index (χ3n) is 3.20. The summed E-state index contributed by atoms with van der Waals surface area (Å²) in [6.45, 7) is 0. The summed E-state index contributed by atoms with van der Waals surface area (Å²) in [6.07, 6.45) is 0. The normalized spacial score (nSPS) is 10.1. The van der Waals surface area contributed by atoms with Crippen LogP contribution in [-0.4, -0.2) is 10.1 Å². The second-order valence-corrected chi connectivity index (χ2v) is 4.49. The number of hydrogen-bond acceptors (Lipinski definition) is 5. The highest BCUT2D eigenvalue weighted by atomic mass is 16.6. The van der Waals surface area contributed by atoms with Gasteiger partial charge in [0.15, 0.2) is 5.76 Å². The fourth-order valence-electron chi connectivity index (χ4n) is 2.20. The summed E-state index contributed by atoms with van der Waals surface area (Å²) in [5, 5.41) is 24.4. The van der Waals surface area contributed by atoms with Crippen LogP contribution in [0.25, 0.3) is 22.6 Å². The molecule has 0 aliphatic carbocycles. The first kappa shape index (κ1) is 13.5. The first-order valence-electron chi connectivity index (χ1n) is 6.41. The first-order chi connectivity index (χ1) is 10.7. The molecule has 0 saturated carbocycles. The van der Waals surface area contributed by atoms with Crippen molar-refractivity contribution in [3.8, 4) is 28.7 Å². The fourth-order valence-corrected chi connectivity index (χ4v) is 2.20. The van der Waals surface area contributed by atoms with Gasteiger partial charge in [0.25, 0.3) is 5.69 Å². The Morgan fingerprint density at radius 2 is 1.77 bits per heavy atom. The fraction of sp³-hybridized carbons (Fsp3) is 0. The van der Waals surface area contributed by atoms with E-state index in [1.807, 2.05) is 24.3 Å². The number of nitriles is 1. The molecule has 3 aromatic rings. The van der Waals surface area contributed by atoms with Crippen LogP contribution in [0.3, 0.4) is 0 Å². The van der Waals surface area contributed by atoms with Crippen molar-refractivity contribution >= 4 is 5.69 Å². The summed E-state index contributed by atoms with van der Waals surface area (Å²) < 4.78 is 5.27. The van der Waals surface area contributed by atoms with Gasteiger partial charge in [-0.2, -0.15) is 5.26 Å². The largest absolute Gasteiger partial charge is 0.354 e. The van der Waals surface area contributed by atoms with Crippen LogP contribution in [0, 0.1) is 21.4 Å². The molecule has 6 heteroatoms. The maximum atomic E-state index is 11.1. The van der Waals surface area contributed by atoms with E-state index in [0.29, 0.717) is 11.3 Å². The molecule has 0 unspecified atom stereocenters. The zero-order chi connectivity index (χ0) is 15.5. The van der Waals surface area contributed by atoms with Crippen molar-refractivity contribution < 1.29 is 9.45 Å². The average molecular weight is 291 g/mol. The lowest BCUT2D eigenvalue weighted by Gasteiger charge is -1.99. The maximum absolute atomic E-state index is 11.1. The number of rotatable bonds is 3. The van der Waals surface area contributed by atoms with Crippen molar-refractivity contribution in [2.75, 3.05) is 0 Å². The van der Waals surface area contributed by atoms with Crippen LogP contribution in [0.5, 0.6) is 0 Å². The van der Waals surface area contributed by atoms with Gasteiger partial charge in [-0.05, 0) is 6.07 Å². The Bertz CT molecular complexity index is 879. The molecule has 0 atom stereocenters. The Balaban J connectivity index is 2.21. The molecule has 106 valence electrons. The van der Waals surface area contributed by atoms with Crippen molar-refractivity contribution in [2.45, 2.75) is 0 Å². The maximum Gasteiger partial charge on any atom is 0.278 e. The van der Waals surface area contributed by atoms with E-state index in [2.05, 4.69) is 5.16 Å². The van der Waals surface area contributed by atoms with Crippen molar-refractivity contribution in [1.82, 2.24) is 5.16 Å². The standard InChI is InChI=1S/C16H9N3O3/c17-10-13-15(12-8-4-5-9-14(12)19(20)21)18-22-16(13)11-6-2-1-3-7-11/h1-9H. The molecular weight excluding hydrogens is 282 g/mol. The van der Waals surface area contributed by atoms with Crippen LogP contribution in [0.15, 0.2) is 59.1 Å². The average Bonchev–Trinajstić information content (AvgIpc) is 2.99. The first-order valence-corrected chi connectivity index (χ1v) is 6.41. The summed E-state index contributed by atoms with van der Waals surface area (Å²) in [5.74, 6) is 0.302. The van der Waals surface area contributed by atoms with Gasteiger partial charge in [-0.1, -0.05) is 47.6 Å². The van der Waals surface area contributed by atoms with E-state index in [-0.39, 0.29) is 22.5 Å². The number of nitro benzene ring substituents is 1. The van der Waals surface area contributed by atoms with Crippen LogP contribution in [0.1, 0.15) is 5.56 Å². The molecule has 0 fully saturated rings. The highest BCUT2D eigenvalue weighted by Crippen LogP contribution is 2.35. The SMILES string of the molecule is N#Cc1c(-c2ccccc2[N+](=O)[O-])noc1-c1ccccc1. The molecule has 22 heavy (non-hydrogen) atoms. The molecule has 1 heterocycles. The topological polar surface area (TPSA) is 93.0 Å². The highest BCUT2D eigenvalue weighted by molar-refractivity contribution is 5.80. The van der Waals surface area contributed by atoms with E-state index in [1.54, 1.807) is 30.3 Å². The number of nitro groups is 1. The van der Waals surface area contributed by atoms with Crippen molar-refractivity contribution in [3.05, 3.63) is 70.3 Å². The second-order valence-electron chi connectivity index (χ2n) is 4.49. The molecule has 0 saturated heterocycles. The minimum Gasteiger partial charge on any atom is -0.354 e. The van der Waals surface area contributed by atoms with Gasteiger partial charge in [0.1, 0.15) is 17.3 Å². The van der Waals surface area contributed by atoms with Gasteiger partial charge in [0.05, 0.1) is 10.5 Å². The van der Waals surface area contributed by atoms with Gasteiger partial charge >= 0.3 is 0 Å². The van der Waals surface area contributed by atoms with E-state index in [4.69, 9.17) is 4.52 Å². The Hall–Kier alpha value is -3.46. The molecule has 0 aliphatic heterocycles. The quantitative estimate of drug-likeness (QED) is 0.540. The second kappa shape index (κ2) is 5.50. The molecule has 0 N–H and O–H groups in total. The molecule has 6 nitrogen and oxygen atoms in total. The Kier molecular flexibility index (Phi) is 3.38. The molecule has 0 aliphatic rings. The summed E-state index contributed by atoms with van der Waals surface area (Å²) in [5.41, 5.74) is 1.19. The lowest BCUT2D eigenvalue weighted by molar-refractivity contribution is -0.384. The minimum absolute atomic E-state index is 0.119. The lowest BCUT2D eigenvalue weighted by atomic mass is 10.0. The summed E-state index contributed by atoms with van der Waals surface area (Å²) in [4.78, 5) is 10.6. The van der Waals surface area contributed by atoms with Gasteiger partial charge in [0.2, 0.25) is 0 Å². The Morgan fingerprint density at radius 3 is 2.45 bits per heavy atom. The van der Waals surface area contributed by atoms with E-state index in [0.717, 1.165) is 0 Å². The van der Waals surface area contributed by atoms with Gasteiger partial charge in [-0.25, -0.2) is 0 Å². The number of benzene rings is 2. The highest BCUT2D eigenvalue weighted by Gasteiger charge is 2.24. The van der Waals surface area contributed by atoms with Crippen LogP contribution in [-0.2, 0) is 0 Å². The van der Waals surface area contributed by atoms with Crippen molar-refractivity contribution in [3.63, 3.8) is 0 Å². The van der Waals surface area contributed by atoms with Crippen LogP contribution in [0.4, 0.5) is 5.69 Å². The van der Waals surface area contributed by atoms with E-state index in [1.165, 1.54) is 6.07 Å². The lowest BCUT2D eigenvalue weighted by Crippen LogP contribution is -1.93. The smallest absolute Gasteiger partial charge is 0.278 e. The third-order valence-corrected chi connectivity index (χ3v) is 3.20. The molecule has 0 spiro atoms. The number of para-hydroxylation sites is 1. The van der Waals surface area contributed by atoms with E-state index < -0.39 is 4.92 Å². The number of aromatic nitrogens is 1. The molecule has 0 radical (unpaired) electrons. The molecule has 2 aromatic carbocycles. The third kappa shape index (κ3) is 2.21. The van der Waals surface area contributed by atoms with E-state index in [9.17, 15) is 15.4 Å². The number of hydrogen-bond donors (Lipinski definition) is 0. The van der Waals surface area contributed by atoms with E-state index >= 15 is 0 Å². The number of nitrogens with zero attached hydrogens (tertiary/aromatic N) is 3. The molecule has 0 bridgehead atoms. The van der Waals surface area contributed by atoms with Crippen LogP contribution in [0.2, 0.25) is 0 Å². The monoisotopic (exact) mass is 291 g/mol. The van der Waals surface area contributed by atoms with Crippen LogP contribution >= 0.6 is 0 Å². The van der Waals surface area contributed by atoms with Crippen molar-refractivity contribution in [1.29, 1.82) is 5.26 Å². The van der Waals surface area contributed by atoms with Gasteiger partial charge in [-0.3, -0.25) is 10.1 Å². The zero-order valence-electron chi connectivity index (χ0n) is 11.3. The summed E-state index contributed by atoms with van der Waals surface area (Å²) in [7, 11) is 0. The van der Waals surface area contributed by atoms with Gasteiger partial charge in [-0.15, -0.1) is 0 Å². The van der Waals surface area contributed by atoms with Gasteiger partial charge in [0, 0.05) is 11.6 Å². The zero-order valence-corrected chi connectivity index (χ0v) is 11.3. The molecule has 1 aromatic heterocycles. The predicted molar refractivity (Wildman–Crippen MR) is 78.7 cm³/mol. The summed E-state index contributed by atoms with van der Waals surface area (Å²) >= 11 is 0. The Labute approximate surface area is 125 Å². The minimum atomic E-state index is -0.507. The molecular formula is C16H9N3O3. The van der Waals surface area contributed by atoms with Crippen molar-refractivity contribution in [2.24, 2.45) is 0 Å². The summed E-state index contributed by atoms with van der Waals surface area (Å²) in [6, 6.07) is 17.2.